The fourth-order valence-electron chi connectivity index (χ4n) is 2.57. The van der Waals surface area contributed by atoms with Crippen molar-refractivity contribution in [2.24, 2.45) is 5.10 Å². The molecule has 0 bridgehead atoms. The van der Waals surface area contributed by atoms with Crippen molar-refractivity contribution in [2.45, 2.75) is 0 Å². The number of methoxy groups -OCH3 is 1. The molecule has 1 N–H and O–H groups in total. The maximum Gasteiger partial charge on any atom is 0.343 e. The van der Waals surface area contributed by atoms with E-state index in [-0.39, 0.29) is 12.4 Å². The summed E-state index contributed by atoms with van der Waals surface area (Å²) < 4.78 is 16.8. The third kappa shape index (κ3) is 7.21. The van der Waals surface area contributed by atoms with Crippen LogP contribution in [0.3, 0.4) is 0 Å². The van der Waals surface area contributed by atoms with E-state index < -0.39 is 11.9 Å². The van der Waals surface area contributed by atoms with E-state index in [1.165, 1.54) is 19.4 Å². The van der Waals surface area contributed by atoms with Crippen molar-refractivity contribution >= 4 is 57.2 Å². The highest BCUT2D eigenvalue weighted by Crippen LogP contribution is 2.29. The molecule has 0 spiro atoms. The minimum Gasteiger partial charge on any atom is -0.493 e. The second-order valence-electron chi connectivity index (χ2n) is 6.47. The summed E-state index contributed by atoms with van der Waals surface area (Å²) in [5.41, 5.74) is 3.35. The van der Waals surface area contributed by atoms with E-state index in [1.807, 2.05) is 6.07 Å². The van der Waals surface area contributed by atoms with E-state index in [0.717, 1.165) is 4.47 Å². The van der Waals surface area contributed by atoms with E-state index in [9.17, 15) is 9.59 Å². The standard InChI is InChI=1S/C23H17BrCl2N2O5/c1-31-21-9-14(5-7-20(21)33-23(30)15-3-2-4-16(24)10-15)12-27-28-22(29)13-32-19-8-6-17(25)11-18(19)26/h2-12H,13H2,1H3,(H,28,29)/b27-12+. The summed E-state index contributed by atoms with van der Waals surface area (Å²) in [6, 6.07) is 16.4. The van der Waals surface area contributed by atoms with Gasteiger partial charge in [0.05, 0.1) is 23.9 Å². The van der Waals surface area contributed by atoms with Crippen LogP contribution in [0.15, 0.2) is 70.2 Å². The monoisotopic (exact) mass is 550 g/mol. The molecule has 0 saturated heterocycles. The lowest BCUT2D eigenvalue weighted by Crippen LogP contribution is -2.24. The van der Waals surface area contributed by atoms with Gasteiger partial charge in [0.25, 0.3) is 5.91 Å². The third-order valence-corrected chi connectivity index (χ3v) is 5.13. The first-order chi connectivity index (χ1) is 15.9. The Labute approximate surface area is 208 Å². The van der Waals surface area contributed by atoms with Crippen LogP contribution in [0.5, 0.6) is 17.2 Å². The summed E-state index contributed by atoms with van der Waals surface area (Å²) in [4.78, 5) is 24.3. The van der Waals surface area contributed by atoms with Gasteiger partial charge in [0, 0.05) is 9.50 Å². The van der Waals surface area contributed by atoms with Crippen molar-refractivity contribution in [3.8, 4) is 17.2 Å². The number of rotatable bonds is 8. The summed E-state index contributed by atoms with van der Waals surface area (Å²) in [6.07, 6.45) is 1.41. The van der Waals surface area contributed by atoms with Crippen molar-refractivity contribution < 1.29 is 23.8 Å². The van der Waals surface area contributed by atoms with Crippen LogP contribution < -0.4 is 19.6 Å². The highest BCUT2D eigenvalue weighted by Gasteiger charge is 2.13. The van der Waals surface area contributed by atoms with Gasteiger partial charge in [-0.3, -0.25) is 4.79 Å². The number of benzene rings is 3. The highest BCUT2D eigenvalue weighted by molar-refractivity contribution is 9.10. The largest absolute Gasteiger partial charge is 0.493 e. The van der Waals surface area contributed by atoms with Crippen molar-refractivity contribution in [2.75, 3.05) is 13.7 Å². The topological polar surface area (TPSA) is 86.2 Å². The number of hydrogen-bond acceptors (Lipinski definition) is 6. The fourth-order valence-corrected chi connectivity index (χ4v) is 3.43. The minimum atomic E-state index is -0.524. The number of hydrogen-bond donors (Lipinski definition) is 1. The van der Waals surface area contributed by atoms with Gasteiger partial charge in [-0.25, -0.2) is 10.2 Å². The van der Waals surface area contributed by atoms with E-state index >= 15 is 0 Å². The Morgan fingerprint density at radius 3 is 2.55 bits per heavy atom. The molecule has 0 radical (unpaired) electrons. The lowest BCUT2D eigenvalue weighted by Gasteiger charge is -2.10. The van der Waals surface area contributed by atoms with E-state index in [4.69, 9.17) is 37.4 Å². The van der Waals surface area contributed by atoms with Gasteiger partial charge in [0.2, 0.25) is 0 Å². The lowest BCUT2D eigenvalue weighted by atomic mass is 10.2. The maximum atomic E-state index is 12.4. The van der Waals surface area contributed by atoms with E-state index in [0.29, 0.717) is 32.7 Å². The first-order valence-electron chi connectivity index (χ1n) is 9.41. The highest BCUT2D eigenvalue weighted by atomic mass is 79.9. The molecule has 3 aromatic rings. The van der Waals surface area contributed by atoms with Crippen LogP contribution >= 0.6 is 39.1 Å². The summed E-state index contributed by atoms with van der Waals surface area (Å²) in [7, 11) is 1.45. The van der Waals surface area contributed by atoms with Gasteiger partial charge in [-0.1, -0.05) is 45.2 Å². The number of halogens is 3. The number of carbonyl (C=O) groups is 2. The van der Waals surface area contributed by atoms with Crippen LogP contribution in [0.4, 0.5) is 0 Å². The van der Waals surface area contributed by atoms with Crippen LogP contribution in [-0.4, -0.2) is 31.8 Å². The molecule has 0 fully saturated rings. The third-order valence-electron chi connectivity index (χ3n) is 4.11. The smallest absolute Gasteiger partial charge is 0.343 e. The zero-order chi connectivity index (χ0) is 23.8. The molecule has 0 heterocycles. The maximum absolute atomic E-state index is 12.4. The molecule has 0 saturated carbocycles. The number of hydrazone groups is 1. The molecule has 0 aliphatic heterocycles. The molecule has 3 aromatic carbocycles. The Kier molecular flexibility index (Phi) is 8.71. The zero-order valence-corrected chi connectivity index (χ0v) is 20.3. The van der Waals surface area contributed by atoms with Crippen LogP contribution in [0.2, 0.25) is 10.0 Å². The van der Waals surface area contributed by atoms with Crippen LogP contribution in [0.1, 0.15) is 15.9 Å². The van der Waals surface area contributed by atoms with Crippen molar-refractivity contribution in [1.29, 1.82) is 0 Å². The Morgan fingerprint density at radius 1 is 1.03 bits per heavy atom. The molecule has 33 heavy (non-hydrogen) atoms. The lowest BCUT2D eigenvalue weighted by molar-refractivity contribution is -0.123. The molecule has 10 heteroatoms. The van der Waals surface area contributed by atoms with Crippen molar-refractivity contribution in [3.63, 3.8) is 0 Å². The van der Waals surface area contributed by atoms with Gasteiger partial charge in [-0.2, -0.15) is 5.10 Å². The molecule has 1 amide bonds. The van der Waals surface area contributed by atoms with Gasteiger partial charge >= 0.3 is 5.97 Å². The second kappa shape index (κ2) is 11.7. The molecule has 0 aliphatic rings. The molecule has 0 unspecified atom stereocenters. The molecule has 0 aromatic heterocycles. The Bertz CT molecular complexity index is 1200. The van der Waals surface area contributed by atoms with Gasteiger partial charge in [0.15, 0.2) is 18.1 Å². The van der Waals surface area contributed by atoms with Crippen molar-refractivity contribution in [1.82, 2.24) is 5.43 Å². The number of carbonyl (C=O) groups excluding carboxylic acids is 2. The summed E-state index contributed by atoms with van der Waals surface area (Å²) in [6.45, 7) is -0.285. The van der Waals surface area contributed by atoms with Gasteiger partial charge < -0.3 is 14.2 Å². The summed E-state index contributed by atoms with van der Waals surface area (Å²) >= 11 is 15.1. The predicted octanol–water partition coefficient (Wildman–Crippen LogP) is 5.51. The van der Waals surface area contributed by atoms with E-state index in [1.54, 1.807) is 48.5 Å². The van der Waals surface area contributed by atoms with Crippen LogP contribution in [0, 0.1) is 0 Å². The minimum absolute atomic E-state index is 0.247. The quantitative estimate of drug-likeness (QED) is 0.172. The van der Waals surface area contributed by atoms with Gasteiger partial charge in [-0.05, 0) is 60.2 Å². The molecular weight excluding hydrogens is 535 g/mol. The van der Waals surface area contributed by atoms with Gasteiger partial charge in [0.1, 0.15) is 5.75 Å². The first kappa shape index (κ1) is 24.6. The average molecular weight is 552 g/mol. The molecule has 0 atom stereocenters. The number of nitrogens with one attached hydrogen (secondary N) is 1. The van der Waals surface area contributed by atoms with Crippen molar-refractivity contribution in [3.05, 3.63) is 86.3 Å². The summed E-state index contributed by atoms with van der Waals surface area (Å²) in [5.74, 6) is -0.1000. The summed E-state index contributed by atoms with van der Waals surface area (Å²) in [5, 5.41) is 4.65. The molecule has 3 rings (SSSR count). The number of esters is 1. The first-order valence-corrected chi connectivity index (χ1v) is 11.0. The SMILES string of the molecule is COc1cc(/C=N/NC(=O)COc2ccc(Cl)cc2Cl)ccc1OC(=O)c1cccc(Br)c1. The number of ether oxygens (including phenoxy) is 3. The fraction of sp³-hybridized carbons (Fsp3) is 0.0870. The Balaban J connectivity index is 1.57. The number of nitrogens with zero attached hydrogens (tertiary/aromatic N) is 1. The zero-order valence-electron chi connectivity index (χ0n) is 17.2. The van der Waals surface area contributed by atoms with Gasteiger partial charge in [-0.15, -0.1) is 0 Å². The van der Waals surface area contributed by atoms with Crippen LogP contribution in [-0.2, 0) is 4.79 Å². The van der Waals surface area contributed by atoms with E-state index in [2.05, 4.69) is 26.5 Å². The predicted molar refractivity (Wildman–Crippen MR) is 130 cm³/mol. The second-order valence-corrected chi connectivity index (χ2v) is 8.23. The molecule has 0 aliphatic carbocycles. The molecular formula is C23H17BrCl2N2O5. The van der Waals surface area contributed by atoms with Crippen LogP contribution in [0.25, 0.3) is 0 Å². The Hall–Kier alpha value is -3.07. The average Bonchev–Trinajstić information content (AvgIpc) is 2.79. The molecule has 170 valence electrons. The Morgan fingerprint density at radius 2 is 1.82 bits per heavy atom. The molecule has 7 nitrogen and oxygen atoms in total. The normalized spacial score (nSPS) is 10.7. The number of amides is 1.